The van der Waals surface area contributed by atoms with E-state index in [1.807, 2.05) is 0 Å². The van der Waals surface area contributed by atoms with Crippen LogP contribution < -0.4 is 10.5 Å². The number of halogens is 1. The van der Waals surface area contributed by atoms with Crippen LogP contribution in [-0.4, -0.2) is 19.4 Å². The molecule has 1 saturated carbocycles. The second kappa shape index (κ2) is 5.38. The predicted octanol–water partition coefficient (Wildman–Crippen LogP) is 1.79. The molecule has 0 amide bonds. The van der Waals surface area contributed by atoms with Crippen LogP contribution in [0, 0.1) is 25.6 Å². The zero-order chi connectivity index (χ0) is 15.1. The number of benzene rings is 1. The van der Waals surface area contributed by atoms with Crippen molar-refractivity contribution in [3.05, 3.63) is 29.1 Å². The molecule has 0 aliphatic heterocycles. The van der Waals surface area contributed by atoms with Crippen molar-refractivity contribution in [2.24, 2.45) is 11.7 Å². The Balaban J connectivity index is 2.38. The van der Waals surface area contributed by atoms with Gasteiger partial charge in [-0.3, -0.25) is 0 Å². The SMILES string of the molecule is Cc1cc(F)cc(C)c1S(=O)(=O)NC(C(N)=S)C1CC1. The summed E-state index contributed by atoms with van der Waals surface area (Å²) >= 11 is 4.93. The molecule has 1 aromatic rings. The molecule has 0 saturated heterocycles. The van der Waals surface area contributed by atoms with Crippen molar-refractivity contribution in [2.45, 2.75) is 37.6 Å². The smallest absolute Gasteiger partial charge is 0.241 e. The second-order valence-electron chi connectivity index (χ2n) is 5.21. The van der Waals surface area contributed by atoms with E-state index in [4.69, 9.17) is 18.0 Å². The van der Waals surface area contributed by atoms with Gasteiger partial charge in [0.2, 0.25) is 10.0 Å². The van der Waals surface area contributed by atoms with Crippen LogP contribution in [0.3, 0.4) is 0 Å². The molecule has 0 bridgehead atoms. The molecule has 2 rings (SSSR count). The Morgan fingerprint density at radius 1 is 1.40 bits per heavy atom. The highest BCUT2D eigenvalue weighted by molar-refractivity contribution is 7.89. The Bertz CT molecular complexity index is 631. The van der Waals surface area contributed by atoms with Crippen LogP contribution in [-0.2, 0) is 10.0 Å². The Kier molecular flexibility index (Phi) is 4.13. The summed E-state index contributed by atoms with van der Waals surface area (Å²) in [6.07, 6.45) is 1.82. The summed E-state index contributed by atoms with van der Waals surface area (Å²) in [5.41, 5.74) is 6.34. The van der Waals surface area contributed by atoms with Crippen LogP contribution in [0.1, 0.15) is 24.0 Å². The van der Waals surface area contributed by atoms with E-state index in [9.17, 15) is 12.8 Å². The average molecular weight is 316 g/mol. The van der Waals surface area contributed by atoms with Crippen LogP contribution in [0.5, 0.6) is 0 Å². The van der Waals surface area contributed by atoms with Gasteiger partial charge in [0.1, 0.15) is 5.82 Å². The van der Waals surface area contributed by atoms with Gasteiger partial charge in [0.25, 0.3) is 0 Å². The van der Waals surface area contributed by atoms with E-state index in [0.717, 1.165) is 12.8 Å². The second-order valence-corrected chi connectivity index (χ2v) is 7.33. The quantitative estimate of drug-likeness (QED) is 0.812. The first-order valence-electron chi connectivity index (χ1n) is 6.31. The van der Waals surface area contributed by atoms with Crippen LogP contribution in [0.25, 0.3) is 0 Å². The fourth-order valence-electron chi connectivity index (χ4n) is 2.36. The number of rotatable bonds is 5. The maximum absolute atomic E-state index is 13.3. The van der Waals surface area contributed by atoms with Gasteiger partial charge >= 0.3 is 0 Å². The summed E-state index contributed by atoms with van der Waals surface area (Å²) in [5, 5.41) is 0. The molecule has 1 aliphatic rings. The Labute approximate surface area is 123 Å². The lowest BCUT2D eigenvalue weighted by Crippen LogP contribution is -2.45. The van der Waals surface area contributed by atoms with E-state index in [2.05, 4.69) is 4.72 Å². The van der Waals surface area contributed by atoms with E-state index in [0.29, 0.717) is 11.1 Å². The van der Waals surface area contributed by atoms with Crippen LogP contribution in [0.15, 0.2) is 17.0 Å². The number of hydrogen-bond acceptors (Lipinski definition) is 3. The Morgan fingerprint density at radius 3 is 2.30 bits per heavy atom. The fraction of sp³-hybridized carbons (Fsp3) is 0.462. The van der Waals surface area contributed by atoms with Gasteiger partial charge in [-0.05, 0) is 55.9 Å². The average Bonchev–Trinajstić information content (AvgIpc) is 3.07. The predicted molar refractivity (Wildman–Crippen MR) is 79.5 cm³/mol. The molecule has 0 radical (unpaired) electrons. The van der Waals surface area contributed by atoms with Gasteiger partial charge in [-0.15, -0.1) is 0 Å². The number of nitrogens with two attached hydrogens (primary N) is 1. The van der Waals surface area contributed by atoms with Crippen LogP contribution in [0.2, 0.25) is 0 Å². The largest absolute Gasteiger partial charge is 0.392 e. The summed E-state index contributed by atoms with van der Waals surface area (Å²) in [7, 11) is -3.77. The summed E-state index contributed by atoms with van der Waals surface area (Å²) in [4.78, 5) is 0.245. The molecule has 0 spiro atoms. The minimum atomic E-state index is -3.77. The number of thiocarbonyl (C=S) groups is 1. The highest BCUT2D eigenvalue weighted by Gasteiger charge is 2.36. The first-order valence-corrected chi connectivity index (χ1v) is 8.20. The van der Waals surface area contributed by atoms with Crippen molar-refractivity contribution in [1.82, 2.24) is 4.72 Å². The van der Waals surface area contributed by atoms with Gasteiger partial charge in [0.15, 0.2) is 0 Å². The molecular weight excluding hydrogens is 299 g/mol. The van der Waals surface area contributed by atoms with E-state index < -0.39 is 21.9 Å². The lowest BCUT2D eigenvalue weighted by Gasteiger charge is -2.19. The zero-order valence-electron chi connectivity index (χ0n) is 11.3. The normalized spacial score (nSPS) is 16.9. The molecule has 1 fully saturated rings. The number of sulfonamides is 1. The van der Waals surface area contributed by atoms with Crippen molar-refractivity contribution in [3.63, 3.8) is 0 Å². The summed E-state index contributed by atoms with van der Waals surface area (Å²) in [5.74, 6) is -0.282. The van der Waals surface area contributed by atoms with E-state index >= 15 is 0 Å². The molecule has 1 aliphatic carbocycles. The van der Waals surface area contributed by atoms with Crippen molar-refractivity contribution >= 4 is 27.2 Å². The lowest BCUT2D eigenvalue weighted by atomic mass is 10.1. The van der Waals surface area contributed by atoms with Crippen molar-refractivity contribution in [1.29, 1.82) is 0 Å². The highest BCUT2D eigenvalue weighted by Crippen LogP contribution is 2.34. The Morgan fingerprint density at radius 2 is 1.90 bits per heavy atom. The molecule has 0 heterocycles. The van der Waals surface area contributed by atoms with Gasteiger partial charge < -0.3 is 5.73 Å². The maximum Gasteiger partial charge on any atom is 0.241 e. The van der Waals surface area contributed by atoms with Gasteiger partial charge in [-0.2, -0.15) is 0 Å². The first kappa shape index (κ1) is 15.3. The molecule has 4 nitrogen and oxygen atoms in total. The molecule has 1 unspecified atom stereocenters. The van der Waals surface area contributed by atoms with Crippen LogP contribution in [0.4, 0.5) is 4.39 Å². The fourth-order valence-corrected chi connectivity index (χ4v) is 4.43. The van der Waals surface area contributed by atoms with Gasteiger partial charge in [0, 0.05) is 0 Å². The van der Waals surface area contributed by atoms with Gasteiger partial charge in [-0.1, -0.05) is 12.2 Å². The van der Waals surface area contributed by atoms with E-state index in [1.54, 1.807) is 13.8 Å². The summed E-state index contributed by atoms with van der Waals surface area (Å²) in [6, 6.07) is 1.88. The van der Waals surface area contributed by atoms with E-state index in [1.165, 1.54) is 12.1 Å². The summed E-state index contributed by atoms with van der Waals surface area (Å²) < 4.78 is 40.8. The first-order chi connectivity index (χ1) is 9.22. The molecule has 1 aromatic carbocycles. The lowest BCUT2D eigenvalue weighted by molar-refractivity contribution is 0.562. The van der Waals surface area contributed by atoms with Crippen molar-refractivity contribution in [2.75, 3.05) is 0 Å². The summed E-state index contributed by atoms with van der Waals surface area (Å²) in [6.45, 7) is 3.13. The minimum absolute atomic E-state index is 0.0980. The van der Waals surface area contributed by atoms with Crippen molar-refractivity contribution < 1.29 is 12.8 Å². The molecule has 1 atom stereocenters. The Hall–Kier alpha value is -1.05. The standard InChI is InChI=1S/C13H17FN2O2S2/c1-7-5-10(14)6-8(2)12(7)20(17,18)16-11(13(15)19)9-3-4-9/h5-6,9,11,16H,3-4H2,1-2H3,(H2,15,19). The topological polar surface area (TPSA) is 72.2 Å². The maximum atomic E-state index is 13.3. The number of nitrogens with one attached hydrogen (secondary N) is 1. The molecule has 20 heavy (non-hydrogen) atoms. The number of hydrogen-bond donors (Lipinski definition) is 2. The molecule has 110 valence electrons. The highest BCUT2D eigenvalue weighted by atomic mass is 32.2. The third-order valence-electron chi connectivity index (χ3n) is 3.38. The zero-order valence-corrected chi connectivity index (χ0v) is 12.9. The monoisotopic (exact) mass is 316 g/mol. The molecule has 7 heteroatoms. The number of aryl methyl sites for hydroxylation is 2. The molecular formula is C13H17FN2O2S2. The molecule has 0 aromatic heterocycles. The van der Waals surface area contributed by atoms with Crippen molar-refractivity contribution in [3.8, 4) is 0 Å². The molecule has 3 N–H and O–H groups in total. The van der Waals surface area contributed by atoms with E-state index in [-0.39, 0.29) is 15.8 Å². The van der Waals surface area contributed by atoms with Gasteiger partial charge in [0.05, 0.1) is 15.9 Å². The van der Waals surface area contributed by atoms with Crippen LogP contribution >= 0.6 is 12.2 Å². The third-order valence-corrected chi connectivity index (χ3v) is 5.38. The minimum Gasteiger partial charge on any atom is -0.392 e. The van der Waals surface area contributed by atoms with Gasteiger partial charge in [-0.25, -0.2) is 17.5 Å². The third kappa shape index (κ3) is 3.16.